The molecular formula is C16H17N5O2. The van der Waals surface area contributed by atoms with Gasteiger partial charge in [0.25, 0.3) is 5.56 Å². The van der Waals surface area contributed by atoms with Crippen molar-refractivity contribution in [2.45, 2.75) is 26.8 Å². The number of hydrogen-bond acceptors (Lipinski definition) is 4. The molecule has 0 aliphatic rings. The fraction of sp³-hybridized carbons (Fsp3) is 0.250. The van der Waals surface area contributed by atoms with Gasteiger partial charge in [-0.1, -0.05) is 18.2 Å². The van der Waals surface area contributed by atoms with Crippen LogP contribution in [0.2, 0.25) is 0 Å². The minimum Gasteiger partial charge on any atom is -0.324 e. The zero-order chi connectivity index (χ0) is 16.6. The quantitative estimate of drug-likeness (QED) is 0.798. The second kappa shape index (κ2) is 5.68. The van der Waals surface area contributed by atoms with E-state index in [1.807, 2.05) is 31.2 Å². The number of anilines is 1. The van der Waals surface area contributed by atoms with Crippen LogP contribution in [-0.4, -0.2) is 25.1 Å². The summed E-state index contributed by atoms with van der Waals surface area (Å²) >= 11 is 0. The van der Waals surface area contributed by atoms with Crippen LogP contribution in [0, 0.1) is 13.8 Å². The number of amides is 1. The van der Waals surface area contributed by atoms with Crippen molar-refractivity contribution in [3.05, 3.63) is 58.5 Å². The topological polar surface area (TPSA) is 81.3 Å². The van der Waals surface area contributed by atoms with Crippen LogP contribution in [0.4, 0.5) is 5.69 Å². The standard InChI is InChI=1S/C16H17N5O2/c1-10-6-4-5-7-13(10)18-15(22)11(2)21-16(23)14-8-17-9-20(14)12(3)19-21/h4-9,11H,1-3H3,(H,18,22)/t11-/m0/s1. The third kappa shape index (κ3) is 2.61. The van der Waals surface area contributed by atoms with Crippen LogP contribution in [0.3, 0.4) is 0 Å². The van der Waals surface area contributed by atoms with Crippen LogP contribution < -0.4 is 10.9 Å². The van der Waals surface area contributed by atoms with Crippen molar-refractivity contribution >= 4 is 17.1 Å². The van der Waals surface area contributed by atoms with E-state index in [4.69, 9.17) is 0 Å². The second-order valence-corrected chi connectivity index (χ2v) is 5.43. The molecule has 1 aromatic carbocycles. The fourth-order valence-corrected chi connectivity index (χ4v) is 2.40. The number of carbonyl (C=O) groups is 1. The summed E-state index contributed by atoms with van der Waals surface area (Å²) < 4.78 is 2.80. The molecule has 0 saturated carbocycles. The zero-order valence-corrected chi connectivity index (χ0v) is 13.1. The molecule has 0 saturated heterocycles. The Morgan fingerprint density at radius 3 is 2.74 bits per heavy atom. The van der Waals surface area contributed by atoms with Gasteiger partial charge >= 0.3 is 0 Å². The molecule has 0 aliphatic heterocycles. The molecule has 0 fully saturated rings. The molecule has 23 heavy (non-hydrogen) atoms. The van der Waals surface area contributed by atoms with Crippen LogP contribution in [0.5, 0.6) is 0 Å². The molecule has 0 aliphatic carbocycles. The van der Waals surface area contributed by atoms with Crippen LogP contribution in [-0.2, 0) is 4.79 Å². The van der Waals surface area contributed by atoms with Gasteiger partial charge in [-0.05, 0) is 32.4 Å². The number of aryl methyl sites for hydroxylation is 2. The minimum absolute atomic E-state index is 0.294. The Bertz CT molecular complexity index is 941. The largest absolute Gasteiger partial charge is 0.324 e. The van der Waals surface area contributed by atoms with Crippen molar-refractivity contribution in [2.24, 2.45) is 0 Å². The van der Waals surface area contributed by atoms with Gasteiger partial charge < -0.3 is 5.32 Å². The predicted molar refractivity (Wildman–Crippen MR) is 86.5 cm³/mol. The van der Waals surface area contributed by atoms with Crippen LogP contribution in [0.25, 0.3) is 5.52 Å². The minimum atomic E-state index is -0.735. The van der Waals surface area contributed by atoms with E-state index in [-0.39, 0.29) is 11.5 Å². The number of fused-ring (bicyclic) bond motifs is 1. The van der Waals surface area contributed by atoms with Crippen LogP contribution >= 0.6 is 0 Å². The third-order valence-electron chi connectivity index (χ3n) is 3.82. The molecule has 1 amide bonds. The van der Waals surface area contributed by atoms with E-state index >= 15 is 0 Å². The van der Waals surface area contributed by atoms with E-state index < -0.39 is 6.04 Å². The lowest BCUT2D eigenvalue weighted by Crippen LogP contribution is -2.35. The number of imidazole rings is 1. The van der Waals surface area contributed by atoms with Crippen LogP contribution in [0.15, 0.2) is 41.6 Å². The number of rotatable bonds is 3. The van der Waals surface area contributed by atoms with Gasteiger partial charge in [0, 0.05) is 5.69 Å². The molecule has 7 heteroatoms. The Labute approximate surface area is 132 Å². The lowest BCUT2D eigenvalue weighted by atomic mass is 10.2. The second-order valence-electron chi connectivity index (χ2n) is 5.43. The highest BCUT2D eigenvalue weighted by Crippen LogP contribution is 2.15. The number of carbonyl (C=O) groups excluding carboxylic acids is 1. The molecule has 2 heterocycles. The van der Waals surface area contributed by atoms with Crippen molar-refractivity contribution in [3.8, 4) is 0 Å². The summed E-state index contributed by atoms with van der Waals surface area (Å²) in [5, 5.41) is 7.06. The first-order chi connectivity index (χ1) is 11.0. The van der Waals surface area contributed by atoms with E-state index in [0.29, 0.717) is 11.3 Å². The van der Waals surface area contributed by atoms with Gasteiger partial charge in [-0.3, -0.25) is 14.0 Å². The Kier molecular flexibility index (Phi) is 3.69. The first kappa shape index (κ1) is 15.0. The van der Waals surface area contributed by atoms with E-state index in [9.17, 15) is 9.59 Å². The monoisotopic (exact) mass is 311 g/mol. The maximum atomic E-state index is 12.5. The summed E-state index contributed by atoms with van der Waals surface area (Å²) in [4.78, 5) is 28.9. The highest BCUT2D eigenvalue weighted by molar-refractivity contribution is 5.94. The van der Waals surface area contributed by atoms with Crippen molar-refractivity contribution in [1.29, 1.82) is 0 Å². The Balaban J connectivity index is 1.95. The van der Waals surface area contributed by atoms with Gasteiger partial charge in [-0.15, -0.1) is 0 Å². The molecule has 1 atom stereocenters. The normalized spacial score (nSPS) is 12.3. The van der Waals surface area contributed by atoms with E-state index in [0.717, 1.165) is 11.3 Å². The molecule has 3 aromatic rings. The molecule has 3 rings (SSSR count). The van der Waals surface area contributed by atoms with Gasteiger partial charge in [-0.25, -0.2) is 9.67 Å². The van der Waals surface area contributed by atoms with Crippen molar-refractivity contribution in [2.75, 3.05) is 5.32 Å². The zero-order valence-electron chi connectivity index (χ0n) is 13.1. The lowest BCUT2D eigenvalue weighted by molar-refractivity contribution is -0.119. The first-order valence-electron chi connectivity index (χ1n) is 7.27. The maximum Gasteiger partial charge on any atom is 0.293 e. The van der Waals surface area contributed by atoms with Gasteiger partial charge in [-0.2, -0.15) is 5.10 Å². The molecule has 2 aromatic heterocycles. The predicted octanol–water partition coefficient (Wildman–Crippen LogP) is 1.71. The molecule has 7 nitrogen and oxygen atoms in total. The summed E-state index contributed by atoms with van der Waals surface area (Å²) in [6.07, 6.45) is 3.00. The van der Waals surface area contributed by atoms with E-state index in [2.05, 4.69) is 15.4 Å². The Morgan fingerprint density at radius 2 is 2.00 bits per heavy atom. The average Bonchev–Trinajstić information content (AvgIpc) is 3.03. The van der Waals surface area contributed by atoms with E-state index in [1.165, 1.54) is 17.2 Å². The molecule has 118 valence electrons. The summed E-state index contributed by atoms with van der Waals surface area (Å²) in [6, 6.07) is 6.74. The molecule has 0 spiro atoms. The maximum absolute atomic E-state index is 12.5. The van der Waals surface area contributed by atoms with Gasteiger partial charge in [0.05, 0.1) is 6.20 Å². The summed E-state index contributed by atoms with van der Waals surface area (Å²) in [7, 11) is 0. The smallest absolute Gasteiger partial charge is 0.293 e. The van der Waals surface area contributed by atoms with Crippen molar-refractivity contribution < 1.29 is 4.79 Å². The number of para-hydroxylation sites is 1. The third-order valence-corrected chi connectivity index (χ3v) is 3.82. The highest BCUT2D eigenvalue weighted by Gasteiger charge is 2.20. The summed E-state index contributed by atoms with van der Waals surface area (Å²) in [5.41, 5.74) is 1.73. The van der Waals surface area contributed by atoms with Gasteiger partial charge in [0.15, 0.2) is 0 Å². The number of nitrogens with zero attached hydrogens (tertiary/aromatic N) is 4. The molecule has 0 radical (unpaired) electrons. The first-order valence-corrected chi connectivity index (χ1v) is 7.27. The number of hydrogen-bond donors (Lipinski definition) is 1. The fourth-order valence-electron chi connectivity index (χ4n) is 2.40. The van der Waals surface area contributed by atoms with Crippen molar-refractivity contribution in [1.82, 2.24) is 19.2 Å². The van der Waals surface area contributed by atoms with E-state index in [1.54, 1.807) is 18.2 Å². The molecule has 1 N–H and O–H groups in total. The Morgan fingerprint density at radius 1 is 1.26 bits per heavy atom. The lowest BCUT2D eigenvalue weighted by Gasteiger charge is -2.16. The van der Waals surface area contributed by atoms with Crippen molar-refractivity contribution in [3.63, 3.8) is 0 Å². The molecular weight excluding hydrogens is 294 g/mol. The highest BCUT2D eigenvalue weighted by atomic mass is 16.2. The summed E-state index contributed by atoms with van der Waals surface area (Å²) in [5.74, 6) is 0.296. The average molecular weight is 311 g/mol. The molecule has 0 bridgehead atoms. The number of nitrogens with one attached hydrogen (secondary N) is 1. The number of aromatic nitrogens is 4. The SMILES string of the molecule is Cc1ccccc1NC(=O)[C@H](C)n1nc(C)n2cncc2c1=O. The van der Waals surface area contributed by atoms with Crippen LogP contribution in [0.1, 0.15) is 24.4 Å². The van der Waals surface area contributed by atoms with Gasteiger partial charge in [0.2, 0.25) is 5.91 Å². The van der Waals surface area contributed by atoms with Gasteiger partial charge in [0.1, 0.15) is 23.7 Å². The number of benzene rings is 1. The molecule has 0 unspecified atom stereocenters. The summed E-state index contributed by atoms with van der Waals surface area (Å²) in [6.45, 7) is 5.32. The Hall–Kier alpha value is -2.96.